The highest BCUT2D eigenvalue weighted by molar-refractivity contribution is 6.51. The molecule has 18 aromatic carbocycles. The smallest absolute Gasteiger partial charge is 0.000116 e. The maximum Gasteiger partial charge on any atom is -0.000116 e. The Kier molecular flexibility index (Phi) is 11.7. The number of benzene rings is 16. The van der Waals surface area contributed by atoms with Crippen LogP contribution in [0, 0.1) is 0 Å². The monoisotopic (exact) mass is 1230 g/mol. The van der Waals surface area contributed by atoms with Gasteiger partial charge in [0.1, 0.15) is 0 Å². The Morgan fingerprint density at radius 3 is 0.854 bits per heavy atom. The number of fused-ring (bicyclic) bond motifs is 14. The predicted octanol–water partition coefficient (Wildman–Crippen LogP) is 27.9. The van der Waals surface area contributed by atoms with E-state index >= 15 is 0 Å². The molecule has 18 aromatic rings. The minimum absolute atomic E-state index is 0.0179. The summed E-state index contributed by atoms with van der Waals surface area (Å²) < 4.78 is 0. The molecular weight excluding hydrogens is 1150 g/mol. The topological polar surface area (TPSA) is 0 Å². The second kappa shape index (κ2) is 19.6. The van der Waals surface area contributed by atoms with E-state index in [1.54, 1.807) is 0 Å². The first-order valence-electron chi connectivity index (χ1n) is 34.7. The standard InChI is InChI=1S/C96H76/c1-93(2,3)58-37-29-54(30-38-58)76-65-25-18-19-26-66(65)77(55-31-39-59(40-32-55)94(4,5)6)92-80(57-35-43-61(44-36-57)96(10,11)12)89-74-51-47-69-70-48-52-75-84-72(87-78(53-21-14-13-15-22-53)71-28-20-27-63-62-23-16-17-24-64(62)86(83(63)71)90(75)87)49-45-67(81(70)84)68-46-50-73(85(74)82(68)69)88(89)79(91(76)92)56-33-41-60(42-34-56)95(7,8)9/h13-52H,1-12H3. The third-order valence-electron chi connectivity index (χ3n) is 22.5. The molecule has 0 fully saturated rings. The lowest BCUT2D eigenvalue weighted by Crippen LogP contribution is -2.11. The summed E-state index contributed by atoms with van der Waals surface area (Å²) in [6.07, 6.45) is 0. The van der Waals surface area contributed by atoms with Gasteiger partial charge in [-0.3, -0.25) is 0 Å². The molecule has 1 aliphatic carbocycles. The molecule has 0 spiro atoms. The van der Waals surface area contributed by atoms with E-state index in [2.05, 4.69) is 326 Å². The van der Waals surface area contributed by atoms with E-state index in [-0.39, 0.29) is 21.7 Å². The SMILES string of the molecule is CC(C)(C)c1ccc(-c2c3c(c(-c4ccc(C(C)(C)C)cc4)c4c(-c5ccc(C(C)(C)C)cc5)c5ccccc5c(-c5ccc(C(C)(C)C)cc5)c24)-c2ccc4c5ccc6c7c(ccc(c8ccc-3c2c84)c57)c2c(-c3ccccc3)c3cccc4c5ccccc5c(c34)c62)cc1. The fraction of sp³-hybridized carbons (Fsp3) is 0.167. The Balaban J connectivity index is 1.00. The van der Waals surface area contributed by atoms with Crippen molar-refractivity contribution in [2.75, 3.05) is 0 Å². The second-order valence-corrected chi connectivity index (χ2v) is 32.1. The van der Waals surface area contributed by atoms with Crippen LogP contribution < -0.4 is 0 Å². The average Bonchev–Trinajstić information content (AvgIpc) is 1.49. The zero-order chi connectivity index (χ0) is 65.4. The van der Waals surface area contributed by atoms with Crippen LogP contribution in [0.25, 0.3) is 196 Å². The fourth-order valence-electron chi connectivity index (χ4n) is 17.8. The lowest BCUT2D eigenvalue weighted by molar-refractivity contribution is 0.590. The van der Waals surface area contributed by atoms with Gasteiger partial charge < -0.3 is 0 Å². The van der Waals surface area contributed by atoms with E-state index in [0.29, 0.717) is 0 Å². The lowest BCUT2D eigenvalue weighted by Gasteiger charge is -2.28. The van der Waals surface area contributed by atoms with Crippen LogP contribution in [0.4, 0.5) is 0 Å². The van der Waals surface area contributed by atoms with Crippen molar-refractivity contribution in [3.63, 3.8) is 0 Å². The number of rotatable bonds is 5. The van der Waals surface area contributed by atoms with Gasteiger partial charge in [0.2, 0.25) is 0 Å². The molecule has 0 heterocycles. The van der Waals surface area contributed by atoms with Gasteiger partial charge in [-0.05, 0) is 240 Å². The third-order valence-corrected chi connectivity index (χ3v) is 22.5. The van der Waals surface area contributed by atoms with E-state index in [1.165, 1.54) is 219 Å². The van der Waals surface area contributed by atoms with Crippen LogP contribution in [0.2, 0.25) is 0 Å². The Bertz CT molecular complexity index is 6070. The van der Waals surface area contributed by atoms with Gasteiger partial charge in [0, 0.05) is 0 Å². The molecular formula is C96H76. The highest BCUT2D eigenvalue weighted by atomic mass is 14.4. The van der Waals surface area contributed by atoms with Gasteiger partial charge in [-0.2, -0.15) is 0 Å². The minimum atomic E-state index is -0.0378. The van der Waals surface area contributed by atoms with Crippen molar-refractivity contribution in [1.29, 1.82) is 0 Å². The van der Waals surface area contributed by atoms with Gasteiger partial charge in [0.25, 0.3) is 0 Å². The zero-order valence-corrected chi connectivity index (χ0v) is 57.1. The molecule has 0 N–H and O–H groups in total. The van der Waals surface area contributed by atoms with E-state index in [1.807, 2.05) is 0 Å². The molecule has 1 aliphatic rings. The summed E-state index contributed by atoms with van der Waals surface area (Å²) >= 11 is 0. The first kappa shape index (κ1) is 57.1. The summed E-state index contributed by atoms with van der Waals surface area (Å²) in [6, 6.07) is 95.6. The Morgan fingerprint density at radius 1 is 0.146 bits per heavy atom. The summed E-state index contributed by atoms with van der Waals surface area (Å²) in [5.41, 5.74) is 23.0. The van der Waals surface area contributed by atoms with E-state index in [0.717, 1.165) is 0 Å². The van der Waals surface area contributed by atoms with Crippen molar-refractivity contribution in [2.24, 2.45) is 0 Å². The molecule has 0 aliphatic heterocycles. The maximum atomic E-state index is 2.54. The summed E-state index contributed by atoms with van der Waals surface area (Å²) in [7, 11) is 0. The number of hydrogen-bond acceptors (Lipinski definition) is 0. The summed E-state index contributed by atoms with van der Waals surface area (Å²) in [6.45, 7) is 28.0. The molecule has 0 saturated heterocycles. The molecule has 0 aromatic heterocycles. The van der Waals surface area contributed by atoms with Gasteiger partial charge in [0.05, 0.1) is 0 Å². The van der Waals surface area contributed by atoms with Crippen molar-refractivity contribution in [3.05, 3.63) is 265 Å². The quantitative estimate of drug-likeness (QED) is 0.119. The molecule has 0 atom stereocenters. The van der Waals surface area contributed by atoms with Crippen LogP contribution in [-0.4, -0.2) is 0 Å². The Morgan fingerprint density at radius 2 is 0.417 bits per heavy atom. The van der Waals surface area contributed by atoms with Gasteiger partial charge in [-0.1, -0.05) is 326 Å². The van der Waals surface area contributed by atoms with Gasteiger partial charge in [0.15, 0.2) is 0 Å². The molecule has 0 heteroatoms. The zero-order valence-electron chi connectivity index (χ0n) is 57.1. The van der Waals surface area contributed by atoms with Crippen LogP contribution >= 0.6 is 0 Å². The molecule has 0 saturated carbocycles. The largest absolute Gasteiger partial charge is 0.0622 e. The molecule has 19 rings (SSSR count). The van der Waals surface area contributed by atoms with Crippen LogP contribution in [-0.2, 0) is 21.7 Å². The van der Waals surface area contributed by atoms with Crippen molar-refractivity contribution < 1.29 is 0 Å². The van der Waals surface area contributed by atoms with Gasteiger partial charge >= 0.3 is 0 Å². The highest BCUT2D eigenvalue weighted by Gasteiger charge is 2.37. The van der Waals surface area contributed by atoms with Crippen LogP contribution in [0.3, 0.4) is 0 Å². The van der Waals surface area contributed by atoms with Crippen molar-refractivity contribution in [1.82, 2.24) is 0 Å². The summed E-state index contributed by atoms with van der Waals surface area (Å²) in [5, 5.41) is 29.1. The predicted molar refractivity (Wildman–Crippen MR) is 419 cm³/mol. The van der Waals surface area contributed by atoms with E-state index < -0.39 is 0 Å². The fourth-order valence-corrected chi connectivity index (χ4v) is 17.8. The number of hydrogen-bond donors (Lipinski definition) is 0. The molecule has 0 unspecified atom stereocenters. The maximum absolute atomic E-state index is 2.54. The molecule has 0 radical (unpaired) electrons. The lowest BCUT2D eigenvalue weighted by atomic mass is 9.75. The van der Waals surface area contributed by atoms with Crippen molar-refractivity contribution >= 4 is 118 Å². The van der Waals surface area contributed by atoms with Gasteiger partial charge in [-0.25, -0.2) is 0 Å². The van der Waals surface area contributed by atoms with Crippen molar-refractivity contribution in [2.45, 2.75) is 105 Å². The molecule has 96 heavy (non-hydrogen) atoms. The first-order valence-corrected chi connectivity index (χ1v) is 34.7. The molecule has 0 nitrogen and oxygen atoms in total. The van der Waals surface area contributed by atoms with Crippen LogP contribution in [0.5, 0.6) is 0 Å². The summed E-state index contributed by atoms with van der Waals surface area (Å²) in [4.78, 5) is 0. The average molecular weight is 1230 g/mol. The third kappa shape index (κ3) is 7.85. The van der Waals surface area contributed by atoms with Crippen molar-refractivity contribution in [3.8, 4) is 77.9 Å². The van der Waals surface area contributed by atoms with Crippen LogP contribution in [0.15, 0.2) is 243 Å². The Labute approximate surface area is 562 Å². The molecule has 0 amide bonds. The van der Waals surface area contributed by atoms with E-state index in [4.69, 9.17) is 0 Å². The Hall–Kier alpha value is -10.4. The van der Waals surface area contributed by atoms with Crippen LogP contribution in [0.1, 0.15) is 105 Å². The normalized spacial score (nSPS) is 13.2. The first-order chi connectivity index (χ1) is 46.2. The highest BCUT2D eigenvalue weighted by Crippen LogP contribution is 2.64. The second-order valence-electron chi connectivity index (χ2n) is 32.1. The minimum Gasteiger partial charge on any atom is -0.0622 e. The molecule has 460 valence electrons. The van der Waals surface area contributed by atoms with Gasteiger partial charge in [-0.15, -0.1) is 0 Å². The molecule has 0 bridgehead atoms. The summed E-state index contributed by atoms with van der Waals surface area (Å²) in [5.74, 6) is 0. The van der Waals surface area contributed by atoms with E-state index in [9.17, 15) is 0 Å².